The summed E-state index contributed by atoms with van der Waals surface area (Å²) >= 11 is 0. The molecule has 19 heavy (non-hydrogen) atoms. The van der Waals surface area contributed by atoms with Crippen LogP contribution in [-0.2, 0) is 5.54 Å². The lowest BCUT2D eigenvalue weighted by Gasteiger charge is -2.56. The molecule has 0 saturated heterocycles. The molecule has 5 rings (SSSR count). The molecule has 4 fully saturated rings. The van der Waals surface area contributed by atoms with Crippen molar-refractivity contribution in [2.45, 2.75) is 44.1 Å². The monoisotopic (exact) mass is 263 g/mol. The number of ether oxygens (including phenoxy) is 1. The third kappa shape index (κ3) is 1.44. The summed E-state index contributed by atoms with van der Waals surface area (Å²) in [6.07, 6.45) is 7.47. The van der Waals surface area contributed by atoms with Gasteiger partial charge in [0, 0.05) is 0 Å². The topological polar surface area (TPSA) is 73.0 Å². The average Bonchev–Trinajstić information content (AvgIpc) is 2.63. The van der Waals surface area contributed by atoms with Crippen molar-refractivity contribution >= 4 is 5.82 Å². The van der Waals surface area contributed by atoms with Crippen LogP contribution >= 0.6 is 0 Å². The molecule has 104 valence electrons. The zero-order chi connectivity index (χ0) is 13.2. The highest BCUT2D eigenvalue weighted by Gasteiger charge is 2.53. The van der Waals surface area contributed by atoms with E-state index in [1.165, 1.54) is 26.4 Å². The molecule has 1 heterocycles. The normalized spacial score (nSPS) is 39.7. The molecule has 0 amide bonds. The van der Waals surface area contributed by atoms with Gasteiger partial charge in [-0.05, 0) is 56.3 Å². The maximum Gasteiger partial charge on any atom is 0.311 e. The smallest absolute Gasteiger partial charge is 0.311 e. The summed E-state index contributed by atoms with van der Waals surface area (Å²) in [7, 11) is 1.50. The maximum absolute atomic E-state index is 12.5. The van der Waals surface area contributed by atoms with E-state index in [9.17, 15) is 4.79 Å². The predicted octanol–water partition coefficient (Wildman–Crippen LogP) is 1.69. The number of rotatable bonds is 2. The Labute approximate surface area is 112 Å². The molecule has 5 nitrogen and oxygen atoms in total. The van der Waals surface area contributed by atoms with Gasteiger partial charge in [0.1, 0.15) is 0 Å². The molecule has 5 heteroatoms. The largest absolute Gasteiger partial charge is 0.488 e. The summed E-state index contributed by atoms with van der Waals surface area (Å²) in [4.78, 5) is 12.5. The number of anilines is 1. The molecule has 4 saturated carbocycles. The van der Waals surface area contributed by atoms with E-state index < -0.39 is 0 Å². The fourth-order valence-electron chi connectivity index (χ4n) is 5.31. The van der Waals surface area contributed by atoms with Gasteiger partial charge in [0.2, 0.25) is 5.75 Å². The lowest BCUT2D eigenvalue weighted by atomic mass is 9.53. The molecular weight excluding hydrogens is 242 g/mol. The van der Waals surface area contributed by atoms with Gasteiger partial charge in [0.15, 0.2) is 5.82 Å². The highest BCUT2D eigenvalue weighted by Crippen LogP contribution is 2.58. The van der Waals surface area contributed by atoms with Crippen LogP contribution in [0.25, 0.3) is 0 Å². The number of nitrogens with two attached hydrogens (primary N) is 1. The Hall–Kier alpha value is -1.39. The summed E-state index contributed by atoms with van der Waals surface area (Å²) < 4.78 is 6.93. The number of methoxy groups -OCH3 is 1. The van der Waals surface area contributed by atoms with Gasteiger partial charge in [-0.1, -0.05) is 0 Å². The predicted molar refractivity (Wildman–Crippen MR) is 72.2 cm³/mol. The Bertz CT molecular complexity index is 536. The van der Waals surface area contributed by atoms with E-state index in [1.807, 2.05) is 0 Å². The van der Waals surface area contributed by atoms with E-state index in [0.717, 1.165) is 37.0 Å². The number of aromatic amines is 1. The number of nitrogens with one attached hydrogen (secondary N) is 1. The standard InChI is InChI=1S/C14H21N3O2/c1-19-11-12(15)16-17(13(11)18)14-5-8-2-9(6-14)4-10(3-8)7-14/h8-10,16H,2-7,15H2,1H3. The minimum atomic E-state index is -0.0815. The Balaban J connectivity index is 1.82. The van der Waals surface area contributed by atoms with Crippen LogP contribution in [0.5, 0.6) is 5.75 Å². The zero-order valence-corrected chi connectivity index (χ0v) is 11.3. The summed E-state index contributed by atoms with van der Waals surface area (Å²) in [5.41, 5.74) is 5.77. The maximum atomic E-state index is 12.5. The number of nitrogens with zero attached hydrogens (tertiary/aromatic N) is 1. The van der Waals surface area contributed by atoms with Crippen molar-refractivity contribution < 1.29 is 4.74 Å². The van der Waals surface area contributed by atoms with E-state index in [2.05, 4.69) is 5.10 Å². The van der Waals surface area contributed by atoms with Crippen molar-refractivity contribution in [2.24, 2.45) is 17.8 Å². The molecule has 0 atom stereocenters. The highest BCUT2D eigenvalue weighted by molar-refractivity contribution is 5.44. The molecule has 1 aromatic rings. The lowest BCUT2D eigenvalue weighted by Crippen LogP contribution is -2.54. The third-order valence-electron chi connectivity index (χ3n) is 5.56. The van der Waals surface area contributed by atoms with Gasteiger partial charge in [0.25, 0.3) is 0 Å². The van der Waals surface area contributed by atoms with Gasteiger partial charge < -0.3 is 10.5 Å². The molecule has 1 aromatic heterocycles. The Morgan fingerprint density at radius 3 is 2.16 bits per heavy atom. The molecule has 0 spiro atoms. The highest BCUT2D eigenvalue weighted by atomic mass is 16.5. The van der Waals surface area contributed by atoms with Crippen LogP contribution in [0.2, 0.25) is 0 Å². The van der Waals surface area contributed by atoms with Crippen molar-refractivity contribution in [1.82, 2.24) is 9.78 Å². The van der Waals surface area contributed by atoms with Crippen molar-refractivity contribution in [3.63, 3.8) is 0 Å². The molecule has 0 radical (unpaired) electrons. The van der Waals surface area contributed by atoms with Crippen LogP contribution in [0.3, 0.4) is 0 Å². The van der Waals surface area contributed by atoms with Crippen LogP contribution in [0.1, 0.15) is 38.5 Å². The summed E-state index contributed by atoms with van der Waals surface area (Å²) in [5, 5.41) is 3.08. The van der Waals surface area contributed by atoms with E-state index >= 15 is 0 Å². The fraction of sp³-hybridized carbons (Fsp3) is 0.786. The van der Waals surface area contributed by atoms with Gasteiger partial charge in [-0.3, -0.25) is 9.89 Å². The number of hydrogen-bond acceptors (Lipinski definition) is 3. The van der Waals surface area contributed by atoms with Gasteiger partial charge in [0.05, 0.1) is 12.6 Å². The Morgan fingerprint density at radius 1 is 1.21 bits per heavy atom. The van der Waals surface area contributed by atoms with Crippen molar-refractivity contribution in [2.75, 3.05) is 12.8 Å². The van der Waals surface area contributed by atoms with Crippen molar-refractivity contribution in [3.05, 3.63) is 10.4 Å². The average molecular weight is 263 g/mol. The third-order valence-corrected chi connectivity index (χ3v) is 5.56. The van der Waals surface area contributed by atoms with Crippen molar-refractivity contribution in [1.29, 1.82) is 0 Å². The Kier molecular flexibility index (Phi) is 2.16. The Morgan fingerprint density at radius 2 is 1.74 bits per heavy atom. The molecule has 3 N–H and O–H groups in total. The molecule has 0 aliphatic heterocycles. The molecular formula is C14H21N3O2. The second-order valence-electron chi connectivity index (χ2n) is 6.84. The van der Waals surface area contributed by atoms with E-state index in [0.29, 0.717) is 5.82 Å². The quantitative estimate of drug-likeness (QED) is 0.852. The molecule has 0 aromatic carbocycles. The van der Waals surface area contributed by atoms with Crippen LogP contribution in [0.4, 0.5) is 5.82 Å². The summed E-state index contributed by atoms with van der Waals surface area (Å²) in [5.74, 6) is 3.04. The molecule has 4 aliphatic carbocycles. The first-order valence-corrected chi connectivity index (χ1v) is 7.26. The first-order chi connectivity index (χ1) is 9.11. The second-order valence-corrected chi connectivity index (χ2v) is 6.84. The van der Waals surface area contributed by atoms with Crippen LogP contribution in [0.15, 0.2) is 4.79 Å². The summed E-state index contributed by atoms with van der Waals surface area (Å²) in [6.45, 7) is 0. The number of aromatic nitrogens is 2. The van der Waals surface area contributed by atoms with Gasteiger partial charge in [-0.25, -0.2) is 4.68 Å². The molecule has 0 unspecified atom stereocenters. The molecule has 4 bridgehead atoms. The number of hydrogen-bond donors (Lipinski definition) is 2. The van der Waals surface area contributed by atoms with Crippen molar-refractivity contribution in [3.8, 4) is 5.75 Å². The van der Waals surface area contributed by atoms with Crippen LogP contribution < -0.4 is 16.0 Å². The number of H-pyrrole nitrogens is 1. The van der Waals surface area contributed by atoms with E-state index in [-0.39, 0.29) is 16.8 Å². The minimum Gasteiger partial charge on any atom is -0.488 e. The first-order valence-electron chi connectivity index (χ1n) is 7.26. The second kappa shape index (κ2) is 3.58. The van der Waals surface area contributed by atoms with Gasteiger partial charge in [-0.15, -0.1) is 0 Å². The van der Waals surface area contributed by atoms with Crippen LogP contribution in [-0.4, -0.2) is 16.9 Å². The van der Waals surface area contributed by atoms with Gasteiger partial charge in [-0.2, -0.15) is 0 Å². The first kappa shape index (κ1) is 11.4. The van der Waals surface area contributed by atoms with E-state index in [1.54, 1.807) is 4.68 Å². The number of nitrogen functional groups attached to an aromatic ring is 1. The van der Waals surface area contributed by atoms with Crippen LogP contribution in [0, 0.1) is 17.8 Å². The SMILES string of the molecule is COc1c(N)[nH]n(C23CC4CC(CC(C4)C2)C3)c1=O. The summed E-state index contributed by atoms with van der Waals surface area (Å²) in [6, 6.07) is 0. The fourth-order valence-corrected chi connectivity index (χ4v) is 5.31. The molecule has 4 aliphatic rings. The lowest BCUT2D eigenvalue weighted by molar-refractivity contribution is -0.0510. The minimum absolute atomic E-state index is 0.0171. The zero-order valence-electron chi connectivity index (χ0n) is 11.3. The van der Waals surface area contributed by atoms with E-state index in [4.69, 9.17) is 10.5 Å². The van der Waals surface area contributed by atoms with Gasteiger partial charge >= 0.3 is 5.56 Å².